The number of alkyl halides is 1. The van der Waals surface area contributed by atoms with E-state index in [-0.39, 0.29) is 11.9 Å². The molecule has 0 saturated heterocycles. The van der Waals surface area contributed by atoms with Gasteiger partial charge in [0.2, 0.25) is 0 Å². The molecule has 13 heavy (non-hydrogen) atoms. The van der Waals surface area contributed by atoms with E-state index < -0.39 is 0 Å². The Kier molecular flexibility index (Phi) is 4.83. The summed E-state index contributed by atoms with van der Waals surface area (Å²) in [4.78, 5) is 3.89. The number of aromatic nitrogens is 2. The molecule has 0 aromatic carbocycles. The average Bonchev–Trinajstić information content (AvgIpc) is 2.32. The number of imidazole rings is 1. The summed E-state index contributed by atoms with van der Waals surface area (Å²) < 4.78 is 7.29. The monoisotopic (exact) mass is 306 g/mol. The van der Waals surface area contributed by atoms with Crippen molar-refractivity contribution < 1.29 is 4.74 Å². The highest BCUT2D eigenvalue weighted by molar-refractivity contribution is 9.10. The molecule has 0 N–H and O–H groups in total. The molecule has 0 saturated carbocycles. The van der Waals surface area contributed by atoms with Crippen molar-refractivity contribution in [2.45, 2.75) is 6.73 Å². The van der Waals surface area contributed by atoms with Crippen molar-refractivity contribution in [1.29, 1.82) is 0 Å². The van der Waals surface area contributed by atoms with Crippen molar-refractivity contribution in [3.05, 3.63) is 15.0 Å². The van der Waals surface area contributed by atoms with E-state index in [4.69, 9.17) is 39.5 Å². The van der Waals surface area contributed by atoms with Gasteiger partial charge in [-0.25, -0.2) is 4.98 Å². The molecule has 3 nitrogen and oxygen atoms in total. The first-order chi connectivity index (χ1) is 6.16. The molecule has 0 radical (unpaired) electrons. The predicted octanol–water partition coefficient (Wildman–Crippen LogP) is 3.17. The van der Waals surface area contributed by atoms with Gasteiger partial charge in [0.15, 0.2) is 15.0 Å². The molecular formula is C6H6BrCl3N2O. The summed E-state index contributed by atoms with van der Waals surface area (Å²) in [7, 11) is 0. The van der Waals surface area contributed by atoms with E-state index in [1.54, 1.807) is 4.57 Å². The van der Waals surface area contributed by atoms with Crippen molar-refractivity contribution in [3.63, 3.8) is 0 Å². The lowest BCUT2D eigenvalue weighted by Crippen LogP contribution is -2.04. The van der Waals surface area contributed by atoms with E-state index in [1.807, 2.05) is 0 Å². The summed E-state index contributed by atoms with van der Waals surface area (Å²) in [5.74, 6) is 0.442. The Hall–Kier alpha value is 0.520. The third-order valence-corrected chi connectivity index (χ3v) is 2.77. The minimum absolute atomic E-state index is 0.253. The number of hydrogen-bond donors (Lipinski definition) is 0. The molecule has 74 valence electrons. The summed E-state index contributed by atoms with van der Waals surface area (Å²) in [6.07, 6.45) is 0. The SMILES string of the molecule is ClCCOCn1c(Br)nc(Cl)c1Cl. The standard InChI is InChI=1S/C6H6BrCl3N2O/c7-6-11-4(9)5(10)12(6)3-13-2-1-8/h1-3H2. The second kappa shape index (κ2) is 5.41. The Balaban J connectivity index is 2.64. The molecule has 1 rings (SSSR count). The summed E-state index contributed by atoms with van der Waals surface area (Å²) in [6, 6.07) is 0. The zero-order chi connectivity index (χ0) is 9.84. The van der Waals surface area contributed by atoms with E-state index in [2.05, 4.69) is 20.9 Å². The fraction of sp³-hybridized carbons (Fsp3) is 0.500. The molecule has 0 spiro atoms. The van der Waals surface area contributed by atoms with Gasteiger partial charge in [-0.15, -0.1) is 11.6 Å². The fourth-order valence-electron chi connectivity index (χ4n) is 0.700. The molecule has 0 atom stereocenters. The summed E-state index contributed by atoms with van der Waals surface area (Å²) in [5, 5.41) is 0.603. The summed E-state index contributed by atoms with van der Waals surface area (Å²) in [5.41, 5.74) is 0. The Labute approximate surface area is 99.1 Å². The lowest BCUT2D eigenvalue weighted by atomic mass is 10.8. The van der Waals surface area contributed by atoms with Crippen LogP contribution in [0.4, 0.5) is 0 Å². The summed E-state index contributed by atoms with van der Waals surface area (Å²) >= 11 is 20.1. The quantitative estimate of drug-likeness (QED) is 0.631. The van der Waals surface area contributed by atoms with Crippen molar-refractivity contribution in [3.8, 4) is 0 Å². The molecule has 0 fully saturated rings. The number of hydrogen-bond acceptors (Lipinski definition) is 2. The molecule has 0 aliphatic carbocycles. The Morgan fingerprint density at radius 1 is 1.46 bits per heavy atom. The van der Waals surface area contributed by atoms with Gasteiger partial charge in [0.05, 0.1) is 6.61 Å². The van der Waals surface area contributed by atoms with E-state index in [1.165, 1.54) is 0 Å². The number of halogens is 4. The first kappa shape index (κ1) is 11.6. The van der Waals surface area contributed by atoms with E-state index >= 15 is 0 Å². The predicted molar refractivity (Wildman–Crippen MR) is 56.6 cm³/mol. The third kappa shape index (κ3) is 2.99. The number of ether oxygens (including phenoxy) is 1. The normalized spacial score (nSPS) is 10.8. The van der Waals surface area contributed by atoms with Crippen LogP contribution in [-0.4, -0.2) is 22.0 Å². The van der Waals surface area contributed by atoms with Gasteiger partial charge in [-0.3, -0.25) is 4.57 Å². The second-order valence-electron chi connectivity index (χ2n) is 2.12. The van der Waals surface area contributed by atoms with Crippen LogP contribution >= 0.6 is 50.7 Å². The maximum Gasteiger partial charge on any atom is 0.181 e. The van der Waals surface area contributed by atoms with Crippen LogP contribution in [0.25, 0.3) is 0 Å². The zero-order valence-corrected chi connectivity index (χ0v) is 10.3. The minimum Gasteiger partial charge on any atom is -0.359 e. The van der Waals surface area contributed by atoms with Gasteiger partial charge in [-0.05, 0) is 15.9 Å². The highest BCUT2D eigenvalue weighted by Gasteiger charge is 2.11. The topological polar surface area (TPSA) is 27.1 Å². The molecule has 0 aliphatic rings. The van der Waals surface area contributed by atoms with Crippen molar-refractivity contribution >= 4 is 50.7 Å². The maximum absolute atomic E-state index is 5.82. The molecule has 7 heteroatoms. The number of nitrogens with zero attached hydrogens (tertiary/aromatic N) is 2. The first-order valence-corrected chi connectivity index (χ1v) is 5.46. The van der Waals surface area contributed by atoms with Gasteiger partial charge in [-0.1, -0.05) is 23.2 Å². The highest BCUT2D eigenvalue weighted by atomic mass is 79.9. The van der Waals surface area contributed by atoms with Gasteiger partial charge in [0, 0.05) is 5.88 Å². The molecule has 1 heterocycles. The molecule has 1 aromatic heterocycles. The Morgan fingerprint density at radius 2 is 2.15 bits per heavy atom. The van der Waals surface area contributed by atoms with Crippen LogP contribution in [-0.2, 0) is 11.5 Å². The number of rotatable bonds is 4. The van der Waals surface area contributed by atoms with Crippen LogP contribution in [0.1, 0.15) is 0 Å². The van der Waals surface area contributed by atoms with E-state index in [0.717, 1.165) is 0 Å². The van der Waals surface area contributed by atoms with Gasteiger partial charge in [-0.2, -0.15) is 0 Å². The van der Waals surface area contributed by atoms with Crippen LogP contribution in [0.15, 0.2) is 4.73 Å². The van der Waals surface area contributed by atoms with Gasteiger partial charge >= 0.3 is 0 Å². The first-order valence-electron chi connectivity index (χ1n) is 3.37. The largest absolute Gasteiger partial charge is 0.359 e. The smallest absolute Gasteiger partial charge is 0.181 e. The van der Waals surface area contributed by atoms with Crippen molar-refractivity contribution in [2.24, 2.45) is 0 Å². The van der Waals surface area contributed by atoms with Crippen molar-refractivity contribution in [2.75, 3.05) is 12.5 Å². The summed E-state index contributed by atoms with van der Waals surface area (Å²) in [6.45, 7) is 0.742. The van der Waals surface area contributed by atoms with Gasteiger partial charge in [0.25, 0.3) is 0 Å². The molecule has 0 amide bonds. The van der Waals surface area contributed by atoms with Crippen LogP contribution < -0.4 is 0 Å². The molecule has 0 aliphatic heterocycles. The Bertz CT molecular complexity index is 292. The Morgan fingerprint density at radius 3 is 2.62 bits per heavy atom. The van der Waals surface area contributed by atoms with Crippen LogP contribution in [0, 0.1) is 0 Å². The van der Waals surface area contributed by atoms with Gasteiger partial charge in [0.1, 0.15) is 6.73 Å². The van der Waals surface area contributed by atoms with Gasteiger partial charge < -0.3 is 4.74 Å². The fourth-order valence-corrected chi connectivity index (χ4v) is 1.82. The van der Waals surface area contributed by atoms with E-state index in [0.29, 0.717) is 22.4 Å². The second-order valence-corrected chi connectivity index (χ2v) is 3.92. The maximum atomic E-state index is 5.82. The molecule has 0 unspecified atom stereocenters. The van der Waals surface area contributed by atoms with Crippen molar-refractivity contribution in [1.82, 2.24) is 9.55 Å². The minimum atomic E-state index is 0.253. The lowest BCUT2D eigenvalue weighted by Gasteiger charge is -2.05. The van der Waals surface area contributed by atoms with Crippen LogP contribution in [0.3, 0.4) is 0 Å². The third-order valence-electron chi connectivity index (χ3n) is 1.26. The molecule has 1 aromatic rings. The highest BCUT2D eigenvalue weighted by Crippen LogP contribution is 2.25. The van der Waals surface area contributed by atoms with E-state index in [9.17, 15) is 0 Å². The van der Waals surface area contributed by atoms with Crippen LogP contribution in [0.2, 0.25) is 10.3 Å². The average molecular weight is 308 g/mol. The zero-order valence-electron chi connectivity index (χ0n) is 6.44. The lowest BCUT2D eigenvalue weighted by molar-refractivity contribution is 0.0879. The molecule has 0 bridgehead atoms. The van der Waals surface area contributed by atoms with Crippen LogP contribution in [0.5, 0.6) is 0 Å². The molecular weight excluding hydrogens is 302 g/mol.